The maximum atomic E-state index is 9.86. The SMILES string of the molecule is Cn1ccnc1CCNCC(O)COc1ccc(Br)cc1. The van der Waals surface area contributed by atoms with Crippen molar-refractivity contribution in [2.45, 2.75) is 12.5 Å². The van der Waals surface area contributed by atoms with Gasteiger partial charge in [-0.2, -0.15) is 0 Å². The van der Waals surface area contributed by atoms with Crippen molar-refractivity contribution in [2.24, 2.45) is 7.05 Å². The molecule has 1 aromatic carbocycles. The zero-order valence-electron chi connectivity index (χ0n) is 12.0. The molecule has 0 saturated heterocycles. The quantitative estimate of drug-likeness (QED) is 0.710. The largest absolute Gasteiger partial charge is 0.491 e. The molecule has 0 aliphatic carbocycles. The minimum Gasteiger partial charge on any atom is -0.491 e. The van der Waals surface area contributed by atoms with E-state index in [9.17, 15) is 5.11 Å². The van der Waals surface area contributed by atoms with Crippen molar-refractivity contribution < 1.29 is 9.84 Å². The highest BCUT2D eigenvalue weighted by molar-refractivity contribution is 9.10. The van der Waals surface area contributed by atoms with Crippen molar-refractivity contribution in [2.75, 3.05) is 19.7 Å². The predicted molar refractivity (Wildman–Crippen MR) is 85.4 cm³/mol. The summed E-state index contributed by atoms with van der Waals surface area (Å²) in [6.45, 7) is 1.55. The standard InChI is InChI=1S/C15H20BrN3O2/c1-19-9-8-18-15(19)6-7-17-10-13(20)11-21-14-4-2-12(16)3-5-14/h2-5,8-9,13,17,20H,6-7,10-11H2,1H3. The van der Waals surface area contributed by atoms with Gasteiger partial charge in [-0.15, -0.1) is 0 Å². The molecular weight excluding hydrogens is 334 g/mol. The van der Waals surface area contributed by atoms with Gasteiger partial charge in [-0.25, -0.2) is 4.98 Å². The van der Waals surface area contributed by atoms with Crippen LogP contribution in [-0.2, 0) is 13.5 Å². The smallest absolute Gasteiger partial charge is 0.119 e. The predicted octanol–water partition coefficient (Wildman–Crippen LogP) is 1.75. The lowest BCUT2D eigenvalue weighted by Gasteiger charge is -2.13. The fraction of sp³-hybridized carbons (Fsp3) is 0.400. The molecule has 21 heavy (non-hydrogen) atoms. The van der Waals surface area contributed by atoms with Crippen LogP contribution in [0.2, 0.25) is 0 Å². The number of nitrogens with one attached hydrogen (secondary N) is 1. The fourth-order valence-corrected chi connectivity index (χ4v) is 2.15. The highest BCUT2D eigenvalue weighted by Crippen LogP contribution is 2.16. The van der Waals surface area contributed by atoms with Crippen LogP contribution in [0.4, 0.5) is 0 Å². The monoisotopic (exact) mass is 353 g/mol. The Morgan fingerprint density at radius 2 is 2.14 bits per heavy atom. The number of hydrogen-bond donors (Lipinski definition) is 2. The second kappa shape index (κ2) is 8.17. The second-order valence-corrected chi connectivity index (χ2v) is 5.74. The number of nitrogens with zero attached hydrogens (tertiary/aromatic N) is 2. The lowest BCUT2D eigenvalue weighted by Crippen LogP contribution is -2.32. The number of halogens is 1. The van der Waals surface area contributed by atoms with Gasteiger partial charge in [-0.05, 0) is 24.3 Å². The molecule has 2 N–H and O–H groups in total. The third kappa shape index (κ3) is 5.49. The van der Waals surface area contributed by atoms with E-state index in [2.05, 4.69) is 26.2 Å². The molecule has 2 rings (SSSR count). The van der Waals surface area contributed by atoms with E-state index in [0.29, 0.717) is 6.54 Å². The number of aliphatic hydroxyl groups excluding tert-OH is 1. The number of ether oxygens (including phenoxy) is 1. The molecule has 1 unspecified atom stereocenters. The number of aliphatic hydroxyl groups is 1. The summed E-state index contributed by atoms with van der Waals surface area (Å²) in [4.78, 5) is 4.25. The molecule has 0 aliphatic heterocycles. The summed E-state index contributed by atoms with van der Waals surface area (Å²) in [5, 5.41) is 13.1. The highest BCUT2D eigenvalue weighted by atomic mass is 79.9. The molecule has 6 heteroatoms. The van der Waals surface area contributed by atoms with Gasteiger partial charge in [-0.1, -0.05) is 15.9 Å². The van der Waals surface area contributed by atoms with Crippen LogP contribution in [0.5, 0.6) is 5.75 Å². The zero-order valence-corrected chi connectivity index (χ0v) is 13.6. The van der Waals surface area contributed by atoms with E-state index in [1.54, 1.807) is 6.20 Å². The topological polar surface area (TPSA) is 59.3 Å². The highest BCUT2D eigenvalue weighted by Gasteiger charge is 2.05. The van der Waals surface area contributed by atoms with Crippen molar-refractivity contribution in [3.63, 3.8) is 0 Å². The number of hydrogen-bond acceptors (Lipinski definition) is 4. The van der Waals surface area contributed by atoms with Gasteiger partial charge in [-0.3, -0.25) is 0 Å². The second-order valence-electron chi connectivity index (χ2n) is 4.83. The first-order chi connectivity index (χ1) is 10.1. The summed E-state index contributed by atoms with van der Waals surface area (Å²) >= 11 is 3.37. The van der Waals surface area contributed by atoms with Gasteiger partial charge >= 0.3 is 0 Å². The Labute approximate surface area is 133 Å². The molecule has 0 bridgehead atoms. The van der Waals surface area contributed by atoms with Crippen LogP contribution in [0.25, 0.3) is 0 Å². The van der Waals surface area contributed by atoms with Gasteiger partial charge in [0, 0.05) is 43.4 Å². The molecule has 0 radical (unpaired) electrons. The molecule has 1 aromatic heterocycles. The third-order valence-corrected chi connectivity index (χ3v) is 3.61. The Morgan fingerprint density at radius 1 is 1.38 bits per heavy atom. The van der Waals surface area contributed by atoms with E-state index in [1.807, 2.05) is 42.1 Å². The molecule has 0 saturated carbocycles. The van der Waals surface area contributed by atoms with Crippen LogP contribution >= 0.6 is 15.9 Å². The van der Waals surface area contributed by atoms with Crippen LogP contribution in [0.3, 0.4) is 0 Å². The van der Waals surface area contributed by atoms with Gasteiger partial charge in [0.25, 0.3) is 0 Å². The number of imidazole rings is 1. The Hall–Kier alpha value is -1.37. The molecule has 2 aromatic rings. The van der Waals surface area contributed by atoms with Crippen molar-refractivity contribution >= 4 is 15.9 Å². The average molecular weight is 354 g/mol. The minimum absolute atomic E-state index is 0.275. The third-order valence-electron chi connectivity index (χ3n) is 3.08. The summed E-state index contributed by atoms with van der Waals surface area (Å²) in [7, 11) is 1.98. The maximum absolute atomic E-state index is 9.86. The van der Waals surface area contributed by atoms with Gasteiger partial charge < -0.3 is 19.7 Å². The van der Waals surface area contributed by atoms with Crippen LogP contribution in [0.15, 0.2) is 41.1 Å². The Balaban J connectivity index is 1.60. The first kappa shape index (κ1) is 16.0. The van der Waals surface area contributed by atoms with Crippen molar-refractivity contribution in [1.29, 1.82) is 0 Å². The zero-order chi connectivity index (χ0) is 15.1. The van der Waals surface area contributed by atoms with Crippen LogP contribution in [-0.4, -0.2) is 40.5 Å². The summed E-state index contributed by atoms with van der Waals surface area (Å²) in [5.74, 6) is 1.79. The van der Waals surface area contributed by atoms with Gasteiger partial charge in [0.15, 0.2) is 0 Å². The van der Waals surface area contributed by atoms with Gasteiger partial charge in [0.2, 0.25) is 0 Å². The van der Waals surface area contributed by atoms with Crippen LogP contribution < -0.4 is 10.1 Å². The molecule has 0 aliphatic rings. The normalized spacial score (nSPS) is 12.3. The lowest BCUT2D eigenvalue weighted by atomic mass is 10.3. The van der Waals surface area contributed by atoms with Crippen molar-refractivity contribution in [3.05, 3.63) is 47.0 Å². The number of benzene rings is 1. The first-order valence-corrected chi connectivity index (χ1v) is 7.68. The van der Waals surface area contributed by atoms with E-state index >= 15 is 0 Å². The van der Waals surface area contributed by atoms with E-state index in [-0.39, 0.29) is 6.61 Å². The minimum atomic E-state index is -0.532. The molecule has 1 atom stereocenters. The Bertz CT molecular complexity index is 542. The molecule has 0 amide bonds. The van der Waals surface area contributed by atoms with Crippen LogP contribution in [0, 0.1) is 0 Å². The summed E-state index contributed by atoms with van der Waals surface area (Å²) < 4.78 is 8.52. The van der Waals surface area contributed by atoms with Gasteiger partial charge in [0.1, 0.15) is 24.3 Å². The Kier molecular flexibility index (Phi) is 6.22. The van der Waals surface area contributed by atoms with Gasteiger partial charge in [0.05, 0.1) is 0 Å². The molecule has 114 valence electrons. The first-order valence-electron chi connectivity index (χ1n) is 6.88. The molecule has 5 nitrogen and oxygen atoms in total. The average Bonchev–Trinajstić information content (AvgIpc) is 2.88. The van der Waals surface area contributed by atoms with Crippen LogP contribution in [0.1, 0.15) is 5.82 Å². The number of rotatable bonds is 8. The van der Waals surface area contributed by atoms with E-state index in [4.69, 9.17) is 4.74 Å². The molecule has 0 fully saturated rings. The van der Waals surface area contributed by atoms with Crippen molar-refractivity contribution in [3.8, 4) is 5.75 Å². The lowest BCUT2D eigenvalue weighted by molar-refractivity contribution is 0.106. The number of aromatic nitrogens is 2. The summed E-state index contributed by atoms with van der Waals surface area (Å²) in [6.07, 6.45) is 4.02. The molecular formula is C15H20BrN3O2. The molecule has 1 heterocycles. The summed E-state index contributed by atoms with van der Waals surface area (Å²) in [6, 6.07) is 7.55. The molecule has 0 spiro atoms. The Morgan fingerprint density at radius 3 is 2.81 bits per heavy atom. The van der Waals surface area contributed by atoms with E-state index < -0.39 is 6.10 Å². The summed E-state index contributed by atoms with van der Waals surface area (Å²) in [5.41, 5.74) is 0. The maximum Gasteiger partial charge on any atom is 0.119 e. The fourth-order valence-electron chi connectivity index (χ4n) is 1.89. The number of aryl methyl sites for hydroxylation is 1. The van der Waals surface area contributed by atoms with E-state index in [0.717, 1.165) is 29.0 Å². The van der Waals surface area contributed by atoms with Crippen molar-refractivity contribution in [1.82, 2.24) is 14.9 Å². The van der Waals surface area contributed by atoms with E-state index in [1.165, 1.54) is 0 Å².